The summed E-state index contributed by atoms with van der Waals surface area (Å²) in [7, 11) is 0. The molecule has 0 aliphatic carbocycles. The number of nitrogens with zero attached hydrogens (tertiary/aromatic N) is 2. The molecule has 0 unspecified atom stereocenters. The molecule has 0 aromatic heterocycles. The van der Waals surface area contributed by atoms with Crippen molar-refractivity contribution in [1.82, 2.24) is 0 Å². The Morgan fingerprint density at radius 1 is 0.556 bits per heavy atom. The first-order chi connectivity index (χ1) is 17.6. The van der Waals surface area contributed by atoms with Crippen molar-refractivity contribution in [2.45, 2.75) is 131 Å². The van der Waals surface area contributed by atoms with Gasteiger partial charge in [0.25, 0.3) is 0 Å². The average molecular weight is 489 g/mol. The van der Waals surface area contributed by atoms with E-state index in [4.69, 9.17) is 9.98 Å². The zero-order valence-electron chi connectivity index (χ0n) is 24.0. The van der Waals surface area contributed by atoms with E-state index in [-0.39, 0.29) is 0 Å². The maximum atomic E-state index is 5.10. The number of hydrogen-bond acceptors (Lipinski definition) is 2. The highest BCUT2D eigenvalue weighted by atomic mass is 14.8. The molecule has 2 aromatic rings. The van der Waals surface area contributed by atoms with Crippen LogP contribution in [-0.2, 0) is 25.7 Å². The van der Waals surface area contributed by atoms with Crippen LogP contribution < -0.4 is 0 Å². The topological polar surface area (TPSA) is 24.7 Å². The highest BCUT2D eigenvalue weighted by Gasteiger charge is 2.07. The first-order valence-corrected chi connectivity index (χ1v) is 15.0. The van der Waals surface area contributed by atoms with Crippen LogP contribution in [0, 0.1) is 0 Å². The maximum Gasteiger partial charge on any atom is 0.0636 e. The lowest BCUT2D eigenvalue weighted by Gasteiger charge is -2.11. The number of unbranched alkanes of at least 4 members (excludes halogenated alkanes) is 5. The van der Waals surface area contributed by atoms with E-state index in [0.29, 0.717) is 0 Å². The second-order valence-corrected chi connectivity index (χ2v) is 10.3. The lowest BCUT2D eigenvalue weighted by molar-refractivity contribution is 0.758. The Balaban J connectivity index is 2.31. The van der Waals surface area contributed by atoms with Crippen molar-refractivity contribution in [2.75, 3.05) is 0 Å². The van der Waals surface area contributed by atoms with Gasteiger partial charge in [0.05, 0.1) is 17.1 Å². The van der Waals surface area contributed by atoms with E-state index in [2.05, 4.69) is 71.0 Å². The summed E-state index contributed by atoms with van der Waals surface area (Å²) in [5.74, 6) is 0. The van der Waals surface area contributed by atoms with Crippen molar-refractivity contribution in [1.29, 1.82) is 0 Å². The molecule has 2 heteroatoms. The van der Waals surface area contributed by atoms with Gasteiger partial charge >= 0.3 is 0 Å². The summed E-state index contributed by atoms with van der Waals surface area (Å²) in [6, 6.07) is 13.7. The molecule has 0 saturated carbocycles. The quantitative estimate of drug-likeness (QED) is 0.186. The Kier molecular flexibility index (Phi) is 15.1. The van der Waals surface area contributed by atoms with Gasteiger partial charge in [-0.1, -0.05) is 78.9 Å². The summed E-state index contributed by atoms with van der Waals surface area (Å²) in [6.45, 7) is 11.3. The smallest absolute Gasteiger partial charge is 0.0636 e. The monoisotopic (exact) mass is 488 g/mol. The highest BCUT2D eigenvalue weighted by molar-refractivity contribution is 6.31. The van der Waals surface area contributed by atoms with E-state index < -0.39 is 0 Å². The van der Waals surface area contributed by atoms with Crippen LogP contribution >= 0.6 is 0 Å². The van der Waals surface area contributed by atoms with E-state index in [1.165, 1.54) is 86.5 Å². The van der Waals surface area contributed by atoms with Crippen LogP contribution in [0.2, 0.25) is 0 Å². The van der Waals surface area contributed by atoms with E-state index >= 15 is 0 Å². The molecule has 2 nitrogen and oxygen atoms in total. The number of hydrogen-bond donors (Lipinski definition) is 0. The van der Waals surface area contributed by atoms with Crippen molar-refractivity contribution >= 4 is 23.3 Å². The molecule has 0 aliphatic heterocycles. The van der Waals surface area contributed by atoms with Crippen LogP contribution in [0.25, 0.3) is 0 Å². The van der Waals surface area contributed by atoms with Crippen LogP contribution in [0.1, 0.15) is 128 Å². The molecule has 2 aromatic carbocycles. The molecular formula is C34H52N2. The molecular weight excluding hydrogens is 436 g/mol. The molecule has 2 rings (SSSR count). The predicted octanol–water partition coefficient (Wildman–Crippen LogP) is 10.7. The fourth-order valence-corrected chi connectivity index (χ4v) is 4.62. The lowest BCUT2D eigenvalue weighted by Crippen LogP contribution is -2.00. The Morgan fingerprint density at radius 3 is 1.50 bits per heavy atom. The van der Waals surface area contributed by atoms with Crippen LogP contribution in [0.3, 0.4) is 0 Å². The van der Waals surface area contributed by atoms with Crippen LogP contribution in [-0.4, -0.2) is 11.9 Å². The molecule has 36 heavy (non-hydrogen) atoms. The Bertz CT molecular complexity index is 938. The summed E-state index contributed by atoms with van der Waals surface area (Å²) in [5, 5.41) is 0. The number of benzene rings is 2. The molecule has 0 spiro atoms. The first-order valence-electron chi connectivity index (χ1n) is 15.0. The minimum atomic E-state index is 0.971. The zero-order valence-corrected chi connectivity index (χ0v) is 24.0. The summed E-state index contributed by atoms with van der Waals surface area (Å²) >= 11 is 0. The largest absolute Gasteiger partial charge is 0.255 e. The third-order valence-electron chi connectivity index (χ3n) is 7.00. The summed E-state index contributed by atoms with van der Waals surface area (Å²) < 4.78 is 0. The van der Waals surface area contributed by atoms with Gasteiger partial charge in [0.15, 0.2) is 0 Å². The molecule has 0 N–H and O–H groups in total. The molecule has 0 saturated heterocycles. The van der Waals surface area contributed by atoms with Crippen molar-refractivity contribution in [3.8, 4) is 0 Å². The second-order valence-electron chi connectivity index (χ2n) is 10.3. The van der Waals surface area contributed by atoms with Crippen LogP contribution in [0.15, 0.2) is 46.4 Å². The lowest BCUT2D eigenvalue weighted by atomic mass is 9.97. The predicted molar refractivity (Wildman–Crippen MR) is 162 cm³/mol. The van der Waals surface area contributed by atoms with Crippen LogP contribution in [0.5, 0.6) is 0 Å². The number of aryl methyl sites for hydroxylation is 4. The normalized spacial score (nSPS) is 12.1. The number of rotatable bonds is 18. The van der Waals surface area contributed by atoms with Gasteiger partial charge in [-0.2, -0.15) is 0 Å². The van der Waals surface area contributed by atoms with Gasteiger partial charge in [-0.05, 0) is 111 Å². The molecule has 198 valence electrons. The Hall–Kier alpha value is -2.22. The summed E-state index contributed by atoms with van der Waals surface area (Å²) in [5.41, 5.74) is 9.21. The fourth-order valence-electron chi connectivity index (χ4n) is 4.62. The molecule has 0 radical (unpaired) electrons. The maximum absolute atomic E-state index is 5.10. The van der Waals surface area contributed by atoms with Gasteiger partial charge in [0, 0.05) is 6.21 Å². The van der Waals surface area contributed by atoms with Gasteiger partial charge < -0.3 is 0 Å². The van der Waals surface area contributed by atoms with Gasteiger partial charge in [-0.15, -0.1) is 0 Å². The molecule has 0 bridgehead atoms. The molecule has 0 heterocycles. The highest BCUT2D eigenvalue weighted by Crippen LogP contribution is 2.24. The summed E-state index contributed by atoms with van der Waals surface area (Å²) in [6.07, 6.45) is 19.9. The molecule has 0 amide bonds. The minimum absolute atomic E-state index is 0.971. The molecule has 0 atom stereocenters. The van der Waals surface area contributed by atoms with Gasteiger partial charge in [0.1, 0.15) is 0 Å². The second kappa shape index (κ2) is 18.1. The minimum Gasteiger partial charge on any atom is -0.255 e. The first kappa shape index (κ1) is 30.0. The Morgan fingerprint density at radius 2 is 1.00 bits per heavy atom. The summed E-state index contributed by atoms with van der Waals surface area (Å²) in [4.78, 5) is 10.0. The standard InChI is InChI=1S/C34H52N2/c1-6-11-16-28-21-23-32(25-30(28)18-13-8-3)35-27-34(20-15-10-5)36-33-24-22-29(17-12-7-2)31(26-33)19-14-9-4/h21-27H,6-20H2,1-5H3/b35-27+,36-34+. The van der Waals surface area contributed by atoms with Gasteiger partial charge in [0.2, 0.25) is 0 Å². The molecule has 0 aliphatic rings. The zero-order chi connectivity index (χ0) is 26.0. The van der Waals surface area contributed by atoms with Crippen molar-refractivity contribution in [3.63, 3.8) is 0 Å². The van der Waals surface area contributed by atoms with E-state index in [1.807, 2.05) is 6.21 Å². The van der Waals surface area contributed by atoms with E-state index in [9.17, 15) is 0 Å². The van der Waals surface area contributed by atoms with Crippen molar-refractivity contribution in [3.05, 3.63) is 58.7 Å². The van der Waals surface area contributed by atoms with Crippen molar-refractivity contribution < 1.29 is 0 Å². The Labute approximate surface area is 222 Å². The van der Waals surface area contributed by atoms with E-state index in [1.54, 1.807) is 0 Å². The van der Waals surface area contributed by atoms with Crippen LogP contribution in [0.4, 0.5) is 11.4 Å². The fraction of sp³-hybridized carbons (Fsp3) is 0.588. The third kappa shape index (κ3) is 10.8. The van der Waals surface area contributed by atoms with Crippen molar-refractivity contribution in [2.24, 2.45) is 9.98 Å². The van der Waals surface area contributed by atoms with Gasteiger partial charge in [-0.25, -0.2) is 0 Å². The van der Waals surface area contributed by atoms with E-state index in [0.717, 1.165) is 49.2 Å². The third-order valence-corrected chi connectivity index (χ3v) is 7.00. The molecule has 0 fully saturated rings. The number of aliphatic imine (C=N–C) groups is 2. The average Bonchev–Trinajstić information content (AvgIpc) is 2.90. The van der Waals surface area contributed by atoms with Gasteiger partial charge in [-0.3, -0.25) is 9.98 Å². The SMILES string of the molecule is CCCCC(/C=N/c1ccc(CCCC)c(CCCC)c1)=N\c1ccc(CCCC)c(CCCC)c1.